The predicted octanol–water partition coefficient (Wildman–Crippen LogP) is 3.46. The Labute approximate surface area is 144 Å². The number of nitrogens with zero attached hydrogens (tertiary/aromatic N) is 3. The molecule has 1 spiro atoms. The minimum Gasteiger partial charge on any atom is -0.365 e. The van der Waals surface area contributed by atoms with Crippen LogP contribution in [0.4, 0.5) is 5.69 Å². The standard InChI is InChI=1S/C21H25N3/c1-2-5-17(6-3-1)14-24-16-21(20-19(24)7-4-11-22-20)10-12-23(15-21)13-18-8-9-18/h1-7,11,18H,8-10,12-16H2. The van der Waals surface area contributed by atoms with Crippen LogP contribution in [0.5, 0.6) is 0 Å². The number of benzene rings is 1. The zero-order chi connectivity index (χ0) is 16.0. The van der Waals surface area contributed by atoms with E-state index in [4.69, 9.17) is 4.98 Å². The summed E-state index contributed by atoms with van der Waals surface area (Å²) < 4.78 is 0. The lowest BCUT2D eigenvalue weighted by atomic mass is 9.85. The van der Waals surface area contributed by atoms with E-state index in [2.05, 4.69) is 52.3 Å². The number of hydrogen-bond donors (Lipinski definition) is 0. The van der Waals surface area contributed by atoms with Crippen molar-refractivity contribution in [3.63, 3.8) is 0 Å². The molecule has 3 heteroatoms. The molecule has 2 fully saturated rings. The highest BCUT2D eigenvalue weighted by Gasteiger charge is 2.48. The summed E-state index contributed by atoms with van der Waals surface area (Å²) >= 11 is 0. The molecule has 0 bridgehead atoms. The fourth-order valence-corrected chi connectivity index (χ4v) is 4.63. The number of hydrogen-bond acceptors (Lipinski definition) is 3. The van der Waals surface area contributed by atoms with Gasteiger partial charge in [-0.3, -0.25) is 4.98 Å². The van der Waals surface area contributed by atoms with Gasteiger partial charge in [-0.05, 0) is 49.4 Å². The molecule has 1 atom stereocenters. The molecule has 0 N–H and O–H groups in total. The lowest BCUT2D eigenvalue weighted by Crippen LogP contribution is -2.37. The molecule has 0 amide bonds. The molecule has 3 heterocycles. The van der Waals surface area contributed by atoms with Gasteiger partial charge in [-0.25, -0.2) is 0 Å². The molecule has 3 aliphatic rings. The van der Waals surface area contributed by atoms with Gasteiger partial charge in [0.05, 0.1) is 11.4 Å². The first-order chi connectivity index (χ1) is 11.8. The summed E-state index contributed by atoms with van der Waals surface area (Å²) in [5.74, 6) is 0.977. The monoisotopic (exact) mass is 319 g/mol. The van der Waals surface area contributed by atoms with Crippen molar-refractivity contribution in [1.82, 2.24) is 9.88 Å². The van der Waals surface area contributed by atoms with Gasteiger partial charge in [-0.15, -0.1) is 0 Å². The second-order valence-corrected chi connectivity index (χ2v) is 7.92. The molecule has 0 radical (unpaired) electrons. The van der Waals surface area contributed by atoms with E-state index < -0.39 is 0 Å². The number of pyridine rings is 1. The number of fused-ring (bicyclic) bond motifs is 2. The molecule has 1 aliphatic carbocycles. The lowest BCUT2D eigenvalue weighted by molar-refractivity contribution is 0.300. The van der Waals surface area contributed by atoms with Crippen LogP contribution >= 0.6 is 0 Å². The second-order valence-electron chi connectivity index (χ2n) is 7.92. The van der Waals surface area contributed by atoms with Crippen LogP contribution in [0.1, 0.15) is 30.5 Å². The molecule has 1 unspecified atom stereocenters. The van der Waals surface area contributed by atoms with Gasteiger partial charge >= 0.3 is 0 Å². The lowest BCUT2D eigenvalue weighted by Gasteiger charge is -2.26. The van der Waals surface area contributed by atoms with Gasteiger partial charge in [-0.1, -0.05) is 30.3 Å². The van der Waals surface area contributed by atoms with E-state index in [1.54, 1.807) is 0 Å². The third kappa shape index (κ3) is 2.51. The van der Waals surface area contributed by atoms with Crippen molar-refractivity contribution in [3.8, 4) is 0 Å². The zero-order valence-corrected chi connectivity index (χ0v) is 14.2. The van der Waals surface area contributed by atoms with Gasteiger partial charge in [0.25, 0.3) is 0 Å². The maximum absolute atomic E-state index is 4.85. The van der Waals surface area contributed by atoms with Crippen molar-refractivity contribution >= 4 is 5.69 Å². The fourth-order valence-electron chi connectivity index (χ4n) is 4.63. The first-order valence-corrected chi connectivity index (χ1v) is 9.29. The summed E-state index contributed by atoms with van der Waals surface area (Å²) in [6.45, 7) is 5.85. The highest BCUT2D eigenvalue weighted by molar-refractivity contribution is 5.60. The summed E-state index contributed by atoms with van der Waals surface area (Å²) in [6, 6.07) is 15.2. The van der Waals surface area contributed by atoms with E-state index in [1.807, 2.05) is 6.20 Å². The third-order valence-electron chi connectivity index (χ3n) is 5.99. The van der Waals surface area contributed by atoms with E-state index in [0.29, 0.717) is 0 Å². The van der Waals surface area contributed by atoms with Gasteiger partial charge in [0.15, 0.2) is 0 Å². The van der Waals surface area contributed by atoms with Crippen LogP contribution < -0.4 is 4.90 Å². The maximum atomic E-state index is 4.85. The molecule has 24 heavy (non-hydrogen) atoms. The van der Waals surface area contributed by atoms with Gasteiger partial charge in [0, 0.05) is 37.8 Å². The van der Waals surface area contributed by atoms with E-state index >= 15 is 0 Å². The molecule has 3 nitrogen and oxygen atoms in total. The molecule has 1 saturated heterocycles. The van der Waals surface area contributed by atoms with Crippen molar-refractivity contribution in [1.29, 1.82) is 0 Å². The minimum absolute atomic E-state index is 0.250. The Morgan fingerprint density at radius 1 is 1.04 bits per heavy atom. The maximum Gasteiger partial charge on any atom is 0.0729 e. The average molecular weight is 319 g/mol. The predicted molar refractivity (Wildman–Crippen MR) is 97.2 cm³/mol. The Kier molecular flexibility index (Phi) is 3.37. The first kappa shape index (κ1) is 14.5. The van der Waals surface area contributed by atoms with Crippen molar-refractivity contribution in [3.05, 3.63) is 59.9 Å². The second kappa shape index (κ2) is 5.59. The summed E-state index contributed by atoms with van der Waals surface area (Å²) in [5.41, 5.74) is 4.34. The summed E-state index contributed by atoms with van der Waals surface area (Å²) in [7, 11) is 0. The molecule has 2 aliphatic heterocycles. The normalized spacial score (nSPS) is 26.2. The fraction of sp³-hybridized carbons (Fsp3) is 0.476. The SMILES string of the molecule is c1ccc(CN2CC3(CCN(CC4CC4)C3)c3ncccc32)cc1. The van der Waals surface area contributed by atoms with Crippen LogP contribution in [0.15, 0.2) is 48.7 Å². The Hall–Kier alpha value is -1.87. The molecule has 124 valence electrons. The third-order valence-corrected chi connectivity index (χ3v) is 5.99. The quantitative estimate of drug-likeness (QED) is 0.860. The molecular weight excluding hydrogens is 294 g/mol. The van der Waals surface area contributed by atoms with Crippen LogP contribution in [-0.2, 0) is 12.0 Å². The van der Waals surface area contributed by atoms with E-state index in [9.17, 15) is 0 Å². The Bertz CT molecular complexity index is 725. The molecule has 1 aromatic carbocycles. The van der Waals surface area contributed by atoms with Crippen molar-refractivity contribution in [2.75, 3.05) is 31.1 Å². The highest BCUT2D eigenvalue weighted by atomic mass is 15.2. The van der Waals surface area contributed by atoms with Crippen molar-refractivity contribution in [2.24, 2.45) is 5.92 Å². The van der Waals surface area contributed by atoms with Gasteiger partial charge in [0.1, 0.15) is 0 Å². The number of anilines is 1. The van der Waals surface area contributed by atoms with Crippen LogP contribution in [0.2, 0.25) is 0 Å². The van der Waals surface area contributed by atoms with Crippen molar-refractivity contribution < 1.29 is 0 Å². The molecular formula is C21H25N3. The van der Waals surface area contributed by atoms with Crippen LogP contribution in [0.25, 0.3) is 0 Å². The van der Waals surface area contributed by atoms with E-state index in [0.717, 1.165) is 19.0 Å². The number of likely N-dealkylation sites (tertiary alicyclic amines) is 1. The molecule has 5 rings (SSSR count). The smallest absolute Gasteiger partial charge is 0.0729 e. The molecule has 1 saturated carbocycles. The van der Waals surface area contributed by atoms with Crippen LogP contribution in [0.3, 0.4) is 0 Å². The first-order valence-electron chi connectivity index (χ1n) is 9.29. The Morgan fingerprint density at radius 2 is 1.92 bits per heavy atom. The Balaban J connectivity index is 1.41. The van der Waals surface area contributed by atoms with Crippen molar-refractivity contribution in [2.45, 2.75) is 31.2 Å². The molecule has 1 aromatic heterocycles. The number of aromatic nitrogens is 1. The van der Waals surface area contributed by atoms with Gasteiger partial charge in [0.2, 0.25) is 0 Å². The molecule has 2 aromatic rings. The van der Waals surface area contributed by atoms with Gasteiger partial charge in [-0.2, -0.15) is 0 Å². The summed E-state index contributed by atoms with van der Waals surface area (Å²) in [4.78, 5) is 10.1. The largest absolute Gasteiger partial charge is 0.365 e. The van der Waals surface area contributed by atoms with E-state index in [-0.39, 0.29) is 5.41 Å². The Morgan fingerprint density at radius 3 is 2.75 bits per heavy atom. The topological polar surface area (TPSA) is 19.4 Å². The van der Waals surface area contributed by atoms with Gasteiger partial charge < -0.3 is 9.80 Å². The minimum atomic E-state index is 0.250. The van der Waals surface area contributed by atoms with Crippen LogP contribution in [-0.4, -0.2) is 36.1 Å². The average Bonchev–Trinajstić information content (AvgIpc) is 3.27. The van der Waals surface area contributed by atoms with Crippen LogP contribution in [0, 0.1) is 5.92 Å². The summed E-state index contributed by atoms with van der Waals surface area (Å²) in [5, 5.41) is 0. The van der Waals surface area contributed by atoms with E-state index in [1.165, 1.54) is 55.8 Å². The highest BCUT2D eigenvalue weighted by Crippen LogP contribution is 2.46. The number of rotatable bonds is 4. The zero-order valence-electron chi connectivity index (χ0n) is 14.2. The summed E-state index contributed by atoms with van der Waals surface area (Å²) in [6.07, 6.45) is 6.13.